The molecule has 0 rings (SSSR count). The molecule has 1 N–H and O–H groups in total. The highest BCUT2D eigenvalue weighted by atomic mass is 16.5. The number of rotatable bonds is 6. The summed E-state index contributed by atoms with van der Waals surface area (Å²) < 4.78 is 5.37. The Morgan fingerprint density at radius 2 is 2.17 bits per heavy atom. The SMILES string of the molecule is CCCCO[C@@H](CC)C(=O)NC. The summed E-state index contributed by atoms with van der Waals surface area (Å²) in [7, 11) is 1.63. The maximum atomic E-state index is 11.1. The molecule has 0 fully saturated rings. The number of hydrogen-bond donors (Lipinski definition) is 1. The van der Waals surface area contributed by atoms with Gasteiger partial charge in [-0.25, -0.2) is 0 Å². The summed E-state index contributed by atoms with van der Waals surface area (Å²) in [5, 5.41) is 2.58. The molecule has 0 radical (unpaired) electrons. The molecule has 1 atom stereocenters. The smallest absolute Gasteiger partial charge is 0.248 e. The predicted octanol–water partition coefficient (Wildman–Crippen LogP) is 1.33. The zero-order valence-corrected chi connectivity index (χ0v) is 8.22. The molecule has 0 unspecified atom stereocenters. The third-order valence-electron chi connectivity index (χ3n) is 1.73. The lowest BCUT2D eigenvalue weighted by Crippen LogP contribution is -2.33. The number of amides is 1. The second kappa shape index (κ2) is 7.10. The molecule has 0 saturated carbocycles. The van der Waals surface area contributed by atoms with E-state index in [0.29, 0.717) is 6.61 Å². The Kier molecular flexibility index (Phi) is 6.76. The van der Waals surface area contributed by atoms with Gasteiger partial charge >= 0.3 is 0 Å². The number of nitrogens with one attached hydrogen (secondary N) is 1. The lowest BCUT2D eigenvalue weighted by atomic mass is 10.2. The highest BCUT2D eigenvalue weighted by Crippen LogP contribution is 1.99. The fourth-order valence-corrected chi connectivity index (χ4v) is 0.910. The molecule has 0 spiro atoms. The lowest BCUT2D eigenvalue weighted by Gasteiger charge is -2.13. The number of carbonyl (C=O) groups is 1. The first-order valence-electron chi connectivity index (χ1n) is 4.59. The van der Waals surface area contributed by atoms with E-state index < -0.39 is 0 Å². The first-order chi connectivity index (χ1) is 5.76. The van der Waals surface area contributed by atoms with E-state index in [9.17, 15) is 4.79 Å². The molecule has 0 aromatic heterocycles. The van der Waals surface area contributed by atoms with Crippen LogP contribution >= 0.6 is 0 Å². The monoisotopic (exact) mass is 173 g/mol. The van der Waals surface area contributed by atoms with Crippen molar-refractivity contribution in [2.24, 2.45) is 0 Å². The zero-order valence-electron chi connectivity index (χ0n) is 8.22. The summed E-state index contributed by atoms with van der Waals surface area (Å²) >= 11 is 0. The minimum absolute atomic E-state index is 0.0198. The van der Waals surface area contributed by atoms with Crippen molar-refractivity contribution >= 4 is 5.91 Å². The van der Waals surface area contributed by atoms with Crippen molar-refractivity contribution in [1.82, 2.24) is 5.32 Å². The van der Waals surface area contributed by atoms with E-state index in [0.717, 1.165) is 19.3 Å². The molecule has 0 aliphatic carbocycles. The molecule has 1 amide bonds. The van der Waals surface area contributed by atoms with Gasteiger partial charge in [0, 0.05) is 13.7 Å². The van der Waals surface area contributed by atoms with Gasteiger partial charge in [0.1, 0.15) is 6.10 Å². The molecule has 0 aromatic carbocycles. The van der Waals surface area contributed by atoms with Crippen LogP contribution in [-0.4, -0.2) is 25.7 Å². The van der Waals surface area contributed by atoms with Crippen LogP contribution in [0.1, 0.15) is 33.1 Å². The van der Waals surface area contributed by atoms with Crippen molar-refractivity contribution < 1.29 is 9.53 Å². The van der Waals surface area contributed by atoms with Gasteiger partial charge in [-0.2, -0.15) is 0 Å². The average molecular weight is 173 g/mol. The van der Waals surface area contributed by atoms with E-state index in [2.05, 4.69) is 12.2 Å². The van der Waals surface area contributed by atoms with E-state index in [-0.39, 0.29) is 12.0 Å². The van der Waals surface area contributed by atoms with Crippen molar-refractivity contribution in [3.05, 3.63) is 0 Å². The number of likely N-dealkylation sites (N-methyl/N-ethyl adjacent to an activating group) is 1. The average Bonchev–Trinajstić information content (AvgIpc) is 2.11. The molecule has 0 heterocycles. The van der Waals surface area contributed by atoms with Crippen LogP contribution in [0.3, 0.4) is 0 Å². The Morgan fingerprint density at radius 3 is 2.58 bits per heavy atom. The third kappa shape index (κ3) is 4.34. The van der Waals surface area contributed by atoms with Gasteiger partial charge in [0.25, 0.3) is 0 Å². The molecular weight excluding hydrogens is 154 g/mol. The number of ether oxygens (including phenoxy) is 1. The van der Waals surface area contributed by atoms with Crippen LogP contribution in [0.15, 0.2) is 0 Å². The molecule has 3 nitrogen and oxygen atoms in total. The van der Waals surface area contributed by atoms with Gasteiger partial charge < -0.3 is 10.1 Å². The van der Waals surface area contributed by atoms with Gasteiger partial charge in [-0.1, -0.05) is 20.3 Å². The van der Waals surface area contributed by atoms with Gasteiger partial charge in [0.2, 0.25) is 5.91 Å². The van der Waals surface area contributed by atoms with E-state index in [4.69, 9.17) is 4.74 Å². The standard InChI is InChI=1S/C9H19NO2/c1-4-6-7-12-8(5-2)9(11)10-3/h8H,4-7H2,1-3H3,(H,10,11)/t8-/m0/s1. The minimum Gasteiger partial charge on any atom is -0.368 e. The van der Waals surface area contributed by atoms with Gasteiger partial charge in [-0.05, 0) is 12.8 Å². The number of hydrogen-bond acceptors (Lipinski definition) is 2. The highest BCUT2D eigenvalue weighted by molar-refractivity contribution is 5.80. The molecule has 0 saturated heterocycles. The maximum absolute atomic E-state index is 11.1. The van der Waals surface area contributed by atoms with E-state index in [1.807, 2.05) is 6.92 Å². The van der Waals surface area contributed by atoms with Crippen molar-refractivity contribution in [2.75, 3.05) is 13.7 Å². The Labute approximate surface area is 74.5 Å². The first kappa shape index (κ1) is 11.4. The van der Waals surface area contributed by atoms with Crippen molar-refractivity contribution in [3.8, 4) is 0 Å². The summed E-state index contributed by atoms with van der Waals surface area (Å²) in [6, 6.07) is 0. The predicted molar refractivity (Wildman–Crippen MR) is 49.0 cm³/mol. The van der Waals surface area contributed by atoms with Gasteiger partial charge in [-0.15, -0.1) is 0 Å². The molecule has 0 aliphatic heterocycles. The highest BCUT2D eigenvalue weighted by Gasteiger charge is 2.13. The van der Waals surface area contributed by atoms with Crippen LogP contribution in [0.5, 0.6) is 0 Å². The zero-order chi connectivity index (χ0) is 9.40. The molecule has 72 valence electrons. The van der Waals surface area contributed by atoms with Gasteiger partial charge in [0.05, 0.1) is 0 Å². The summed E-state index contributed by atoms with van der Waals surface area (Å²) in [4.78, 5) is 11.1. The lowest BCUT2D eigenvalue weighted by molar-refractivity contribution is -0.132. The van der Waals surface area contributed by atoms with Gasteiger partial charge in [0.15, 0.2) is 0 Å². The Morgan fingerprint density at radius 1 is 1.50 bits per heavy atom. The first-order valence-corrected chi connectivity index (χ1v) is 4.59. The topological polar surface area (TPSA) is 38.3 Å². The number of carbonyl (C=O) groups excluding carboxylic acids is 1. The van der Waals surface area contributed by atoms with E-state index in [1.165, 1.54) is 0 Å². The summed E-state index contributed by atoms with van der Waals surface area (Å²) in [6.07, 6.45) is 2.60. The Balaban J connectivity index is 3.60. The normalized spacial score (nSPS) is 12.6. The van der Waals surface area contributed by atoms with Crippen molar-refractivity contribution in [2.45, 2.75) is 39.2 Å². The van der Waals surface area contributed by atoms with E-state index >= 15 is 0 Å². The van der Waals surface area contributed by atoms with Crippen molar-refractivity contribution in [3.63, 3.8) is 0 Å². The molecule has 12 heavy (non-hydrogen) atoms. The summed E-state index contributed by atoms with van der Waals surface area (Å²) in [5.41, 5.74) is 0. The van der Waals surface area contributed by atoms with Crippen LogP contribution in [0, 0.1) is 0 Å². The van der Waals surface area contributed by atoms with Gasteiger partial charge in [-0.3, -0.25) is 4.79 Å². The molecule has 3 heteroatoms. The molecular formula is C9H19NO2. The third-order valence-corrected chi connectivity index (χ3v) is 1.73. The van der Waals surface area contributed by atoms with Crippen LogP contribution in [0.25, 0.3) is 0 Å². The van der Waals surface area contributed by atoms with Crippen molar-refractivity contribution in [1.29, 1.82) is 0 Å². The number of unbranched alkanes of at least 4 members (excludes halogenated alkanes) is 1. The maximum Gasteiger partial charge on any atom is 0.248 e. The Hall–Kier alpha value is -0.570. The molecule has 0 bridgehead atoms. The summed E-state index contributed by atoms with van der Waals surface area (Å²) in [5.74, 6) is -0.0198. The second-order valence-corrected chi connectivity index (χ2v) is 2.74. The fraction of sp³-hybridized carbons (Fsp3) is 0.889. The molecule has 0 aliphatic rings. The molecule has 0 aromatic rings. The van der Waals surface area contributed by atoms with Crippen LogP contribution in [-0.2, 0) is 9.53 Å². The van der Waals surface area contributed by atoms with E-state index in [1.54, 1.807) is 7.05 Å². The quantitative estimate of drug-likeness (QED) is 0.615. The second-order valence-electron chi connectivity index (χ2n) is 2.74. The largest absolute Gasteiger partial charge is 0.368 e. The Bertz CT molecular complexity index is 126. The fourth-order valence-electron chi connectivity index (χ4n) is 0.910. The van der Waals surface area contributed by atoms with Crippen LogP contribution < -0.4 is 5.32 Å². The summed E-state index contributed by atoms with van der Waals surface area (Å²) in [6.45, 7) is 4.73. The van der Waals surface area contributed by atoms with Crippen LogP contribution in [0.4, 0.5) is 0 Å². The minimum atomic E-state index is -0.262. The van der Waals surface area contributed by atoms with Crippen LogP contribution in [0.2, 0.25) is 0 Å².